The van der Waals surface area contributed by atoms with Gasteiger partial charge in [-0.1, -0.05) is 41.6 Å². The van der Waals surface area contributed by atoms with Gasteiger partial charge in [0.25, 0.3) is 0 Å². The molecule has 180 valence electrons. The summed E-state index contributed by atoms with van der Waals surface area (Å²) in [5.41, 5.74) is 3.99. The van der Waals surface area contributed by atoms with Crippen molar-refractivity contribution in [1.29, 1.82) is 0 Å². The van der Waals surface area contributed by atoms with Crippen LogP contribution in [0.1, 0.15) is 5.56 Å². The molecular weight excluding hydrogens is 464 g/mol. The van der Waals surface area contributed by atoms with Crippen LogP contribution in [0.3, 0.4) is 0 Å². The average molecular weight is 491 g/mol. The first kappa shape index (κ1) is 24.2. The number of aryl methyl sites for hydroxylation is 1. The molecule has 4 rings (SSSR count). The van der Waals surface area contributed by atoms with Crippen molar-refractivity contribution in [1.82, 2.24) is 9.55 Å². The third kappa shape index (κ3) is 6.13. The Hall–Kier alpha value is -3.98. The van der Waals surface area contributed by atoms with E-state index in [0.717, 1.165) is 22.3 Å². The number of fused-ring (bicyclic) bond motifs is 1. The number of anilines is 2. The molecule has 2 N–H and O–H groups in total. The smallest absolute Gasteiger partial charge is 0.244 e. The number of nitrogens with zero attached hydrogens (tertiary/aromatic N) is 2. The molecule has 3 aromatic carbocycles. The Morgan fingerprint density at radius 1 is 0.886 bits per heavy atom. The van der Waals surface area contributed by atoms with Crippen LogP contribution in [0.2, 0.25) is 0 Å². The molecule has 8 nitrogen and oxygen atoms in total. The number of methoxy groups -OCH3 is 2. The predicted molar refractivity (Wildman–Crippen MR) is 138 cm³/mol. The van der Waals surface area contributed by atoms with Crippen molar-refractivity contribution >= 4 is 46.0 Å². The highest BCUT2D eigenvalue weighted by molar-refractivity contribution is 7.99. The van der Waals surface area contributed by atoms with E-state index < -0.39 is 0 Å². The zero-order valence-corrected chi connectivity index (χ0v) is 20.5. The molecule has 0 bridgehead atoms. The van der Waals surface area contributed by atoms with Gasteiger partial charge in [0.1, 0.15) is 18.0 Å². The van der Waals surface area contributed by atoms with Crippen LogP contribution in [0.4, 0.5) is 11.4 Å². The van der Waals surface area contributed by atoms with Crippen molar-refractivity contribution in [2.75, 3.05) is 30.6 Å². The minimum atomic E-state index is -0.241. The molecule has 35 heavy (non-hydrogen) atoms. The lowest BCUT2D eigenvalue weighted by Gasteiger charge is -2.12. The summed E-state index contributed by atoms with van der Waals surface area (Å²) >= 11 is 1.28. The second-order valence-corrected chi connectivity index (χ2v) is 8.76. The molecule has 0 aliphatic rings. The van der Waals surface area contributed by atoms with Crippen molar-refractivity contribution in [3.05, 3.63) is 72.3 Å². The molecule has 1 heterocycles. The fourth-order valence-electron chi connectivity index (χ4n) is 3.50. The number of thioether (sulfide) groups is 1. The summed E-state index contributed by atoms with van der Waals surface area (Å²) in [6, 6.07) is 20.4. The largest absolute Gasteiger partial charge is 0.497 e. The van der Waals surface area contributed by atoms with Crippen LogP contribution in [0.5, 0.6) is 11.5 Å². The minimum Gasteiger partial charge on any atom is -0.497 e. The third-order valence-corrected chi connectivity index (χ3v) is 6.20. The molecule has 9 heteroatoms. The zero-order valence-electron chi connectivity index (χ0n) is 19.7. The van der Waals surface area contributed by atoms with Crippen LogP contribution in [-0.4, -0.2) is 41.3 Å². The molecule has 0 spiro atoms. The SMILES string of the molecule is COc1cc(NC(=O)Cn2c(SCC(=O)Nc3ccc(C)cc3)nc3ccccc32)cc(OC)c1. The average Bonchev–Trinajstić information content (AvgIpc) is 3.21. The van der Waals surface area contributed by atoms with Gasteiger partial charge in [0.2, 0.25) is 11.8 Å². The number of benzene rings is 3. The highest BCUT2D eigenvalue weighted by Gasteiger charge is 2.16. The third-order valence-electron chi connectivity index (χ3n) is 5.22. The van der Waals surface area contributed by atoms with Crippen molar-refractivity contribution < 1.29 is 19.1 Å². The van der Waals surface area contributed by atoms with Crippen molar-refractivity contribution in [3.63, 3.8) is 0 Å². The maximum atomic E-state index is 13.0. The van der Waals surface area contributed by atoms with Gasteiger partial charge in [0, 0.05) is 29.6 Å². The Balaban J connectivity index is 1.49. The summed E-state index contributed by atoms with van der Waals surface area (Å²) in [4.78, 5) is 30.1. The molecular formula is C26H26N4O4S. The number of para-hydroxylation sites is 2. The van der Waals surface area contributed by atoms with Gasteiger partial charge in [-0.2, -0.15) is 0 Å². The van der Waals surface area contributed by atoms with Crippen molar-refractivity contribution in [2.45, 2.75) is 18.6 Å². The molecule has 0 fully saturated rings. The maximum Gasteiger partial charge on any atom is 0.244 e. The van der Waals surface area contributed by atoms with Gasteiger partial charge in [0.05, 0.1) is 31.0 Å². The molecule has 0 aliphatic heterocycles. The standard InChI is InChI=1S/C26H26N4O4S/c1-17-8-10-18(11-9-17)27-25(32)16-35-26-29-22-6-4-5-7-23(22)30(26)15-24(31)28-19-12-20(33-2)14-21(13-19)34-3/h4-14H,15-16H2,1-3H3,(H,27,32)(H,28,31). The second-order valence-electron chi connectivity index (χ2n) is 7.82. The van der Waals surface area contributed by atoms with E-state index in [1.54, 1.807) is 32.4 Å². The molecule has 4 aromatic rings. The Morgan fingerprint density at radius 2 is 1.54 bits per heavy atom. The van der Waals surface area contributed by atoms with Gasteiger partial charge in [0.15, 0.2) is 5.16 Å². The molecule has 0 unspecified atom stereocenters. The normalized spacial score (nSPS) is 10.7. The summed E-state index contributed by atoms with van der Waals surface area (Å²) < 4.78 is 12.4. The Kier molecular flexibility index (Phi) is 7.57. The first-order chi connectivity index (χ1) is 16.9. The lowest BCUT2D eigenvalue weighted by Crippen LogP contribution is -2.20. The fourth-order valence-corrected chi connectivity index (χ4v) is 4.32. The maximum absolute atomic E-state index is 13.0. The number of hydrogen-bond acceptors (Lipinski definition) is 6. The number of carbonyl (C=O) groups is 2. The second kappa shape index (κ2) is 11.0. The number of ether oxygens (including phenoxy) is 2. The van der Waals surface area contributed by atoms with E-state index in [1.807, 2.05) is 60.0 Å². The van der Waals surface area contributed by atoms with Gasteiger partial charge in [-0.05, 0) is 31.2 Å². The number of aromatic nitrogens is 2. The molecule has 1 aromatic heterocycles. The number of rotatable bonds is 9. The molecule has 2 amide bonds. The Morgan fingerprint density at radius 3 is 2.23 bits per heavy atom. The molecule has 0 atom stereocenters. The Bertz CT molecular complexity index is 1330. The summed E-state index contributed by atoms with van der Waals surface area (Å²) in [7, 11) is 3.10. The van der Waals surface area contributed by atoms with E-state index in [0.29, 0.717) is 22.3 Å². The first-order valence-corrected chi connectivity index (χ1v) is 11.9. The lowest BCUT2D eigenvalue weighted by atomic mass is 10.2. The lowest BCUT2D eigenvalue weighted by molar-refractivity contribution is -0.117. The van der Waals surface area contributed by atoms with Crippen LogP contribution >= 0.6 is 11.8 Å². The van der Waals surface area contributed by atoms with Crippen LogP contribution < -0.4 is 20.1 Å². The van der Waals surface area contributed by atoms with E-state index in [2.05, 4.69) is 15.6 Å². The Labute approximate surface area is 207 Å². The molecule has 0 aliphatic carbocycles. The van der Waals surface area contributed by atoms with Gasteiger partial charge in [-0.25, -0.2) is 4.98 Å². The van der Waals surface area contributed by atoms with E-state index in [1.165, 1.54) is 11.8 Å². The highest BCUT2D eigenvalue weighted by atomic mass is 32.2. The summed E-state index contributed by atoms with van der Waals surface area (Å²) in [5, 5.41) is 6.36. The molecule has 0 saturated carbocycles. The first-order valence-electron chi connectivity index (χ1n) is 10.9. The number of imidazole rings is 1. The zero-order chi connectivity index (χ0) is 24.8. The molecule has 0 radical (unpaired) electrons. The summed E-state index contributed by atoms with van der Waals surface area (Å²) in [5.74, 6) is 0.915. The topological polar surface area (TPSA) is 94.5 Å². The van der Waals surface area contributed by atoms with Crippen LogP contribution in [0.25, 0.3) is 11.0 Å². The number of nitrogens with one attached hydrogen (secondary N) is 2. The van der Waals surface area contributed by atoms with E-state index in [-0.39, 0.29) is 24.1 Å². The summed E-state index contributed by atoms with van der Waals surface area (Å²) in [6.45, 7) is 2.02. The van der Waals surface area contributed by atoms with Gasteiger partial charge >= 0.3 is 0 Å². The predicted octanol–water partition coefficient (Wildman–Crippen LogP) is 4.73. The number of hydrogen-bond donors (Lipinski definition) is 2. The van der Waals surface area contributed by atoms with Gasteiger partial charge in [-0.15, -0.1) is 0 Å². The monoisotopic (exact) mass is 490 g/mol. The van der Waals surface area contributed by atoms with E-state index >= 15 is 0 Å². The number of amides is 2. The minimum absolute atomic E-state index is 0.0297. The van der Waals surface area contributed by atoms with Crippen molar-refractivity contribution in [3.8, 4) is 11.5 Å². The van der Waals surface area contributed by atoms with Gasteiger partial charge < -0.3 is 24.7 Å². The van der Waals surface area contributed by atoms with Crippen molar-refractivity contribution in [2.24, 2.45) is 0 Å². The summed E-state index contributed by atoms with van der Waals surface area (Å²) in [6.07, 6.45) is 0. The van der Waals surface area contributed by atoms with Crippen LogP contribution in [0.15, 0.2) is 71.9 Å². The molecule has 0 saturated heterocycles. The van der Waals surface area contributed by atoms with Crippen LogP contribution in [0, 0.1) is 6.92 Å². The van der Waals surface area contributed by atoms with Gasteiger partial charge in [-0.3, -0.25) is 9.59 Å². The number of carbonyl (C=O) groups excluding carboxylic acids is 2. The highest BCUT2D eigenvalue weighted by Crippen LogP contribution is 2.27. The quantitative estimate of drug-likeness (QED) is 0.330. The van der Waals surface area contributed by atoms with E-state index in [9.17, 15) is 9.59 Å². The fraction of sp³-hybridized carbons (Fsp3) is 0.192. The van der Waals surface area contributed by atoms with Crippen LogP contribution in [-0.2, 0) is 16.1 Å². The van der Waals surface area contributed by atoms with E-state index in [4.69, 9.17) is 9.47 Å².